The van der Waals surface area contributed by atoms with Crippen LogP contribution in [-0.4, -0.2) is 17.0 Å². The van der Waals surface area contributed by atoms with Gasteiger partial charge in [-0.2, -0.15) is 0 Å². The van der Waals surface area contributed by atoms with Gasteiger partial charge in [-0.3, -0.25) is 4.79 Å². The average Bonchev–Trinajstić information content (AvgIpc) is 2.47. The molecule has 0 saturated carbocycles. The van der Waals surface area contributed by atoms with Crippen LogP contribution in [0.15, 0.2) is 48.5 Å². The second kappa shape index (κ2) is 5.99. The van der Waals surface area contributed by atoms with Crippen LogP contribution in [0.4, 0.5) is 5.69 Å². The zero-order valence-corrected chi connectivity index (χ0v) is 10.7. The highest BCUT2D eigenvalue weighted by Crippen LogP contribution is 2.14. The Morgan fingerprint density at radius 3 is 2.55 bits per heavy atom. The van der Waals surface area contributed by atoms with Crippen molar-refractivity contribution in [1.29, 1.82) is 0 Å². The molecule has 0 radical (unpaired) electrons. The Morgan fingerprint density at radius 1 is 1.10 bits per heavy atom. The summed E-state index contributed by atoms with van der Waals surface area (Å²) < 4.78 is 0. The van der Waals surface area contributed by atoms with Gasteiger partial charge in [-0.05, 0) is 29.8 Å². The van der Waals surface area contributed by atoms with Gasteiger partial charge < -0.3 is 16.2 Å². The van der Waals surface area contributed by atoms with Crippen molar-refractivity contribution in [3.63, 3.8) is 0 Å². The van der Waals surface area contributed by atoms with E-state index in [2.05, 4.69) is 5.32 Å². The zero-order valence-electron chi connectivity index (χ0n) is 10.7. The van der Waals surface area contributed by atoms with Crippen molar-refractivity contribution in [3.05, 3.63) is 65.2 Å². The predicted octanol–water partition coefficient (Wildman–Crippen LogP) is 2.10. The number of benzene rings is 2. The Balaban J connectivity index is 2.23. The van der Waals surface area contributed by atoms with E-state index in [4.69, 9.17) is 10.8 Å². The molecular weight excluding hydrogens is 256 g/mol. The fraction of sp³-hybridized carbons (Fsp3) is 0.0667. The second-order valence-electron chi connectivity index (χ2n) is 4.20. The van der Waals surface area contributed by atoms with E-state index in [9.17, 15) is 9.59 Å². The van der Waals surface area contributed by atoms with Crippen molar-refractivity contribution in [2.24, 2.45) is 5.73 Å². The van der Waals surface area contributed by atoms with E-state index >= 15 is 0 Å². The molecule has 0 aromatic heterocycles. The highest BCUT2D eigenvalue weighted by atomic mass is 16.4. The van der Waals surface area contributed by atoms with Crippen molar-refractivity contribution >= 4 is 17.6 Å². The van der Waals surface area contributed by atoms with E-state index in [1.165, 1.54) is 12.1 Å². The van der Waals surface area contributed by atoms with E-state index in [-0.39, 0.29) is 18.0 Å². The number of nitrogens with one attached hydrogen (secondary N) is 1. The summed E-state index contributed by atoms with van der Waals surface area (Å²) in [5, 5.41) is 11.6. The van der Waals surface area contributed by atoms with Crippen LogP contribution in [-0.2, 0) is 6.54 Å². The highest BCUT2D eigenvalue weighted by Gasteiger charge is 2.11. The Bertz CT molecular complexity index is 653. The van der Waals surface area contributed by atoms with Crippen LogP contribution in [0.2, 0.25) is 0 Å². The minimum Gasteiger partial charge on any atom is -0.478 e. The lowest BCUT2D eigenvalue weighted by atomic mass is 10.1. The van der Waals surface area contributed by atoms with Crippen molar-refractivity contribution in [2.45, 2.75) is 6.54 Å². The van der Waals surface area contributed by atoms with Gasteiger partial charge >= 0.3 is 5.97 Å². The molecule has 0 aliphatic heterocycles. The van der Waals surface area contributed by atoms with Crippen molar-refractivity contribution in [2.75, 3.05) is 5.32 Å². The molecule has 0 aliphatic rings. The van der Waals surface area contributed by atoms with E-state index in [0.29, 0.717) is 11.3 Å². The van der Waals surface area contributed by atoms with Crippen LogP contribution in [0.25, 0.3) is 0 Å². The number of aromatic carboxylic acids is 1. The summed E-state index contributed by atoms with van der Waals surface area (Å²) in [7, 11) is 0. The lowest BCUT2D eigenvalue weighted by molar-refractivity contribution is 0.0696. The van der Waals surface area contributed by atoms with E-state index in [0.717, 1.165) is 5.56 Å². The summed E-state index contributed by atoms with van der Waals surface area (Å²) in [6.45, 7) is 0.263. The minimum absolute atomic E-state index is 0.120. The van der Waals surface area contributed by atoms with Crippen LogP contribution in [0.5, 0.6) is 0 Å². The molecule has 2 aromatic rings. The molecule has 0 saturated heterocycles. The fourth-order valence-corrected chi connectivity index (χ4v) is 1.85. The summed E-state index contributed by atoms with van der Waals surface area (Å²) >= 11 is 0. The largest absolute Gasteiger partial charge is 0.478 e. The molecule has 102 valence electrons. The molecule has 5 nitrogen and oxygen atoms in total. The molecule has 0 heterocycles. The molecule has 1 amide bonds. The van der Waals surface area contributed by atoms with Gasteiger partial charge in [0.05, 0.1) is 5.56 Å². The average molecular weight is 270 g/mol. The van der Waals surface area contributed by atoms with Gasteiger partial charge in [-0.15, -0.1) is 0 Å². The second-order valence-corrected chi connectivity index (χ2v) is 4.20. The number of carbonyl (C=O) groups excluding carboxylic acids is 1. The topological polar surface area (TPSA) is 92.4 Å². The third-order valence-electron chi connectivity index (χ3n) is 2.85. The molecular formula is C15H14N2O3. The maximum atomic E-state index is 12.2. The molecule has 2 rings (SSSR count). The van der Waals surface area contributed by atoms with Crippen LogP contribution < -0.4 is 11.1 Å². The Hall–Kier alpha value is -2.66. The predicted molar refractivity (Wildman–Crippen MR) is 75.7 cm³/mol. The van der Waals surface area contributed by atoms with E-state index in [1.807, 2.05) is 6.07 Å². The Kier molecular flexibility index (Phi) is 4.12. The van der Waals surface area contributed by atoms with Gasteiger partial charge in [0.15, 0.2) is 0 Å². The number of anilines is 1. The van der Waals surface area contributed by atoms with Crippen LogP contribution in [0, 0.1) is 0 Å². The quantitative estimate of drug-likeness (QED) is 0.793. The monoisotopic (exact) mass is 270 g/mol. The summed E-state index contributed by atoms with van der Waals surface area (Å²) in [5.41, 5.74) is 7.36. The Labute approximate surface area is 116 Å². The smallest absolute Gasteiger partial charge is 0.335 e. The number of carboxylic acid groups (broad SMARTS) is 1. The van der Waals surface area contributed by atoms with E-state index in [1.54, 1.807) is 30.3 Å². The Morgan fingerprint density at radius 2 is 1.85 bits per heavy atom. The first-order valence-electron chi connectivity index (χ1n) is 6.04. The number of nitrogens with two attached hydrogens (primary N) is 1. The molecule has 0 bridgehead atoms. The molecule has 20 heavy (non-hydrogen) atoms. The summed E-state index contributed by atoms with van der Waals surface area (Å²) in [6.07, 6.45) is 0. The normalized spacial score (nSPS) is 10.1. The van der Waals surface area contributed by atoms with Gasteiger partial charge in [-0.25, -0.2) is 4.79 Å². The highest BCUT2D eigenvalue weighted by molar-refractivity contribution is 6.05. The number of carbonyl (C=O) groups is 2. The fourth-order valence-electron chi connectivity index (χ4n) is 1.85. The number of carboxylic acids is 1. The maximum Gasteiger partial charge on any atom is 0.335 e. The van der Waals surface area contributed by atoms with Crippen LogP contribution >= 0.6 is 0 Å². The SMILES string of the molecule is NCc1ccccc1C(=O)Nc1cccc(C(=O)O)c1. The number of hydrogen-bond donors (Lipinski definition) is 3. The number of amides is 1. The molecule has 0 fully saturated rings. The van der Waals surface area contributed by atoms with Crippen molar-refractivity contribution < 1.29 is 14.7 Å². The summed E-state index contributed by atoms with van der Waals surface area (Å²) in [6, 6.07) is 13.1. The van der Waals surface area contributed by atoms with Crippen LogP contribution in [0.1, 0.15) is 26.3 Å². The van der Waals surface area contributed by atoms with Gasteiger partial charge in [0.25, 0.3) is 5.91 Å². The number of hydrogen-bond acceptors (Lipinski definition) is 3. The van der Waals surface area contributed by atoms with Gasteiger partial charge in [0.1, 0.15) is 0 Å². The lowest BCUT2D eigenvalue weighted by Gasteiger charge is -2.09. The third kappa shape index (κ3) is 3.02. The van der Waals surface area contributed by atoms with Gasteiger partial charge in [0, 0.05) is 17.8 Å². The molecule has 0 atom stereocenters. The first-order chi connectivity index (χ1) is 9.61. The van der Waals surface area contributed by atoms with Gasteiger partial charge in [0.2, 0.25) is 0 Å². The standard InChI is InChI=1S/C15H14N2O3/c16-9-11-4-1-2-7-13(11)14(18)17-12-6-3-5-10(8-12)15(19)20/h1-8H,9,16H2,(H,17,18)(H,19,20). The maximum absolute atomic E-state index is 12.2. The van der Waals surface area contributed by atoms with E-state index < -0.39 is 5.97 Å². The minimum atomic E-state index is -1.04. The molecule has 5 heteroatoms. The lowest BCUT2D eigenvalue weighted by Crippen LogP contribution is -2.15. The summed E-state index contributed by atoms with van der Waals surface area (Å²) in [4.78, 5) is 23.0. The molecule has 0 spiro atoms. The first-order valence-corrected chi connectivity index (χ1v) is 6.04. The molecule has 4 N–H and O–H groups in total. The zero-order chi connectivity index (χ0) is 14.5. The number of rotatable bonds is 4. The molecule has 0 unspecified atom stereocenters. The summed E-state index contributed by atoms with van der Waals surface area (Å²) in [5.74, 6) is -1.35. The van der Waals surface area contributed by atoms with Crippen molar-refractivity contribution in [1.82, 2.24) is 0 Å². The first kappa shape index (κ1) is 13.8. The third-order valence-corrected chi connectivity index (χ3v) is 2.85. The van der Waals surface area contributed by atoms with Gasteiger partial charge in [-0.1, -0.05) is 24.3 Å². The molecule has 0 aliphatic carbocycles. The molecule has 2 aromatic carbocycles. The van der Waals surface area contributed by atoms with Crippen molar-refractivity contribution in [3.8, 4) is 0 Å². The van der Waals surface area contributed by atoms with Crippen LogP contribution in [0.3, 0.4) is 0 Å².